The second kappa shape index (κ2) is 11.5. The number of likely N-dealkylation sites (N-methyl/N-ethyl adjacent to an activating group) is 1. The van der Waals surface area contributed by atoms with E-state index >= 15 is 0 Å². The van der Waals surface area contributed by atoms with Crippen LogP contribution in [0.25, 0.3) is 0 Å². The van der Waals surface area contributed by atoms with Gasteiger partial charge in [0, 0.05) is 25.9 Å². The number of hydrogen-bond acceptors (Lipinski definition) is 6. The van der Waals surface area contributed by atoms with Crippen LogP contribution in [0.15, 0.2) is 0 Å². The van der Waals surface area contributed by atoms with E-state index in [9.17, 15) is 9.59 Å². The van der Waals surface area contributed by atoms with Crippen molar-refractivity contribution in [2.75, 3.05) is 33.4 Å². The average Bonchev–Trinajstić information content (AvgIpc) is 2.45. The van der Waals surface area contributed by atoms with E-state index in [1.165, 1.54) is 4.90 Å². The van der Waals surface area contributed by atoms with Crippen LogP contribution >= 0.6 is 0 Å². The second-order valence-electron chi connectivity index (χ2n) is 5.02. The zero-order chi connectivity index (χ0) is 17.9. The fraction of sp³-hybridized carbons (Fsp3) is 0.857. The summed E-state index contributed by atoms with van der Waals surface area (Å²) < 4.78 is 17.2. The Hall–Kier alpha value is -1.00. The van der Waals surface area contributed by atoms with E-state index in [1.54, 1.807) is 7.05 Å². The minimum Gasteiger partial charge on any atom is -0.481 e. The molecule has 0 amide bonds. The molecule has 23 heavy (non-hydrogen) atoms. The third-order valence-corrected chi connectivity index (χ3v) is 6.42. The van der Waals surface area contributed by atoms with Gasteiger partial charge in [-0.1, -0.05) is 0 Å². The van der Waals surface area contributed by atoms with Crippen LogP contribution < -0.4 is 0 Å². The third-order valence-electron chi connectivity index (χ3n) is 3.27. The first-order valence-corrected chi connectivity index (χ1v) is 9.81. The lowest BCUT2D eigenvalue weighted by atomic mass is 10.2. The molecule has 8 nitrogen and oxygen atoms in total. The molecule has 0 aromatic carbocycles. The lowest BCUT2D eigenvalue weighted by molar-refractivity contribution is -0.149. The van der Waals surface area contributed by atoms with Crippen LogP contribution in [0.4, 0.5) is 0 Å². The SMILES string of the molecule is CCO[Si](CCCN(C)C(CC(=O)O)C(=O)O)(OCC)OCC. The Morgan fingerprint density at radius 3 is 1.87 bits per heavy atom. The van der Waals surface area contributed by atoms with E-state index in [0.717, 1.165) is 0 Å². The number of carbonyl (C=O) groups is 2. The highest BCUT2D eigenvalue weighted by Gasteiger charge is 2.40. The van der Waals surface area contributed by atoms with E-state index in [1.807, 2.05) is 20.8 Å². The Balaban J connectivity index is 4.65. The van der Waals surface area contributed by atoms with Crippen molar-refractivity contribution >= 4 is 20.7 Å². The van der Waals surface area contributed by atoms with Gasteiger partial charge in [0.1, 0.15) is 6.04 Å². The smallest absolute Gasteiger partial charge is 0.481 e. The zero-order valence-electron chi connectivity index (χ0n) is 14.4. The Morgan fingerprint density at radius 1 is 1.04 bits per heavy atom. The molecule has 0 saturated heterocycles. The molecule has 0 spiro atoms. The average molecular weight is 351 g/mol. The molecular weight excluding hydrogens is 322 g/mol. The maximum absolute atomic E-state index is 11.2. The molecule has 0 aliphatic heterocycles. The Kier molecular flexibility index (Phi) is 11.0. The summed E-state index contributed by atoms with van der Waals surface area (Å²) in [4.78, 5) is 23.5. The topological polar surface area (TPSA) is 106 Å². The van der Waals surface area contributed by atoms with E-state index in [4.69, 9.17) is 23.5 Å². The van der Waals surface area contributed by atoms with Crippen molar-refractivity contribution < 1.29 is 33.1 Å². The van der Waals surface area contributed by atoms with Gasteiger partial charge in [-0.2, -0.15) is 0 Å². The van der Waals surface area contributed by atoms with Gasteiger partial charge in [-0.25, -0.2) is 0 Å². The largest absolute Gasteiger partial charge is 0.500 e. The third kappa shape index (κ3) is 8.42. The second-order valence-corrected chi connectivity index (χ2v) is 7.75. The van der Waals surface area contributed by atoms with Gasteiger partial charge >= 0.3 is 20.7 Å². The molecule has 0 aromatic heterocycles. The van der Waals surface area contributed by atoms with Gasteiger partial charge in [-0.05, 0) is 40.8 Å². The molecule has 2 N–H and O–H groups in total. The molecule has 0 aliphatic rings. The summed E-state index contributed by atoms with van der Waals surface area (Å²) >= 11 is 0. The Morgan fingerprint density at radius 2 is 1.52 bits per heavy atom. The van der Waals surface area contributed by atoms with E-state index in [-0.39, 0.29) is 0 Å². The number of aliphatic carboxylic acids is 2. The van der Waals surface area contributed by atoms with Crippen molar-refractivity contribution in [1.29, 1.82) is 0 Å². The quantitative estimate of drug-likeness (QED) is 0.451. The molecule has 0 aromatic rings. The Bertz CT molecular complexity index is 350. The minimum atomic E-state index is -2.75. The van der Waals surface area contributed by atoms with E-state index in [2.05, 4.69) is 0 Å². The van der Waals surface area contributed by atoms with Gasteiger partial charge in [0.15, 0.2) is 0 Å². The fourth-order valence-electron chi connectivity index (χ4n) is 2.30. The van der Waals surface area contributed by atoms with Crippen LogP contribution in [0.3, 0.4) is 0 Å². The number of carboxylic acid groups (broad SMARTS) is 2. The molecule has 0 rings (SSSR count). The highest BCUT2D eigenvalue weighted by molar-refractivity contribution is 6.60. The van der Waals surface area contributed by atoms with Crippen LogP contribution in [-0.2, 0) is 22.9 Å². The van der Waals surface area contributed by atoms with Crippen LogP contribution in [0, 0.1) is 0 Å². The maximum Gasteiger partial charge on any atom is 0.500 e. The normalized spacial score (nSPS) is 13.3. The van der Waals surface area contributed by atoms with Crippen LogP contribution in [0.1, 0.15) is 33.6 Å². The summed E-state index contributed by atoms with van der Waals surface area (Å²) in [6.45, 7) is 7.50. The van der Waals surface area contributed by atoms with Gasteiger partial charge in [0.25, 0.3) is 0 Å². The lowest BCUT2D eigenvalue weighted by Gasteiger charge is -2.30. The maximum atomic E-state index is 11.2. The highest BCUT2D eigenvalue weighted by atomic mass is 28.4. The summed E-state index contributed by atoms with van der Waals surface area (Å²) in [6, 6.07) is -0.485. The van der Waals surface area contributed by atoms with Crippen molar-refractivity contribution in [3.05, 3.63) is 0 Å². The highest BCUT2D eigenvalue weighted by Crippen LogP contribution is 2.19. The molecule has 0 radical (unpaired) electrons. The molecular formula is C14H29NO7Si. The van der Waals surface area contributed by atoms with Crippen molar-refractivity contribution in [2.24, 2.45) is 0 Å². The summed E-state index contributed by atoms with van der Waals surface area (Å²) in [5, 5.41) is 17.9. The fourth-order valence-corrected chi connectivity index (χ4v) is 4.89. The first-order chi connectivity index (χ1) is 10.8. The lowest BCUT2D eigenvalue weighted by Crippen LogP contribution is -2.47. The first-order valence-electron chi connectivity index (χ1n) is 7.88. The van der Waals surface area contributed by atoms with Gasteiger partial charge in [-0.3, -0.25) is 14.5 Å². The number of nitrogens with zero attached hydrogens (tertiary/aromatic N) is 1. The molecule has 9 heteroatoms. The number of rotatable bonds is 14. The molecule has 136 valence electrons. The van der Waals surface area contributed by atoms with Gasteiger partial charge in [0.05, 0.1) is 6.42 Å². The van der Waals surface area contributed by atoms with Crippen LogP contribution in [-0.4, -0.2) is 75.3 Å². The summed E-state index contributed by atoms with van der Waals surface area (Å²) in [6.07, 6.45) is 0.170. The molecule has 0 bridgehead atoms. The van der Waals surface area contributed by atoms with Crippen molar-refractivity contribution in [1.82, 2.24) is 4.90 Å². The van der Waals surface area contributed by atoms with Crippen molar-refractivity contribution in [3.63, 3.8) is 0 Å². The number of carboxylic acids is 2. The predicted molar refractivity (Wildman–Crippen MR) is 86.4 cm³/mol. The Labute approximate surface area is 138 Å². The monoisotopic (exact) mass is 351 g/mol. The van der Waals surface area contributed by atoms with E-state index in [0.29, 0.717) is 38.8 Å². The molecule has 1 atom stereocenters. The summed E-state index contributed by atoms with van der Waals surface area (Å²) in [5.74, 6) is -2.27. The van der Waals surface area contributed by atoms with Crippen LogP contribution in [0.5, 0.6) is 0 Å². The molecule has 0 saturated carbocycles. The first kappa shape index (κ1) is 22.0. The summed E-state index contributed by atoms with van der Waals surface area (Å²) in [5.41, 5.74) is 0. The van der Waals surface area contributed by atoms with Gasteiger partial charge in [-0.15, -0.1) is 0 Å². The van der Waals surface area contributed by atoms with Crippen molar-refractivity contribution in [2.45, 2.75) is 45.7 Å². The molecule has 0 fully saturated rings. The molecule has 1 unspecified atom stereocenters. The summed E-state index contributed by atoms with van der Waals surface area (Å²) in [7, 11) is -1.14. The minimum absolute atomic E-state index is 0.423. The standard InChI is InChI=1S/C14H29NO7Si/c1-5-20-23(21-6-2,22-7-3)10-8-9-15(4)12(14(18)19)11-13(16)17/h12H,5-11H2,1-4H3,(H,16,17)(H,18,19). The van der Waals surface area contributed by atoms with E-state index < -0.39 is 33.2 Å². The van der Waals surface area contributed by atoms with Gasteiger partial charge < -0.3 is 23.5 Å². The zero-order valence-corrected chi connectivity index (χ0v) is 15.4. The van der Waals surface area contributed by atoms with Crippen molar-refractivity contribution in [3.8, 4) is 0 Å². The number of hydrogen-bond donors (Lipinski definition) is 2. The van der Waals surface area contributed by atoms with Gasteiger partial charge in [0.2, 0.25) is 0 Å². The molecule has 0 aliphatic carbocycles. The predicted octanol–water partition coefficient (Wildman–Crippen LogP) is 1.28. The van der Waals surface area contributed by atoms with Crippen LogP contribution in [0.2, 0.25) is 6.04 Å². The molecule has 0 heterocycles.